The predicted octanol–water partition coefficient (Wildman–Crippen LogP) is 7.50. The molecule has 3 fully saturated rings. The fourth-order valence-electron chi connectivity index (χ4n) is 6.11. The summed E-state index contributed by atoms with van der Waals surface area (Å²) < 4.78 is 84.2. The van der Waals surface area contributed by atoms with Gasteiger partial charge in [-0.2, -0.15) is 13.2 Å². The van der Waals surface area contributed by atoms with E-state index in [2.05, 4.69) is 45.3 Å². The Morgan fingerprint density at radius 1 is 0.959 bits per heavy atom. The summed E-state index contributed by atoms with van der Waals surface area (Å²) in [6.07, 6.45) is 3.59. The molecule has 3 N–H and O–H groups in total. The number of allylic oxidation sites excluding steroid dienone is 1. The van der Waals surface area contributed by atoms with Crippen LogP contribution in [0.2, 0.25) is 0 Å². The van der Waals surface area contributed by atoms with Gasteiger partial charge >= 0.3 is 6.18 Å². The van der Waals surface area contributed by atoms with Crippen LogP contribution in [-0.4, -0.2) is 58.1 Å². The van der Waals surface area contributed by atoms with Crippen molar-refractivity contribution in [2.24, 2.45) is 17.6 Å². The molecule has 3 aromatic carbocycles. The van der Waals surface area contributed by atoms with Crippen molar-refractivity contribution in [1.29, 1.82) is 0 Å². The lowest BCUT2D eigenvalue weighted by Gasteiger charge is -2.26. The zero-order valence-electron chi connectivity index (χ0n) is 27.4. The second kappa shape index (κ2) is 18.4. The van der Waals surface area contributed by atoms with Crippen LogP contribution in [0.15, 0.2) is 60.2 Å². The molecule has 0 aromatic heterocycles. The Labute approximate surface area is 282 Å². The Morgan fingerprint density at radius 3 is 2.12 bits per heavy atom. The fraction of sp³-hybridized carbons (Fsp3) is 0.389. The number of carbonyl (C=O) groups excluding carboxylic acids is 2. The number of hydrogen-bond acceptors (Lipinski definition) is 6. The first-order valence-corrected chi connectivity index (χ1v) is 15.7. The van der Waals surface area contributed by atoms with E-state index in [1.165, 1.54) is 57.0 Å². The summed E-state index contributed by atoms with van der Waals surface area (Å²) in [5, 5.41) is 2.50. The van der Waals surface area contributed by atoms with E-state index in [0.29, 0.717) is 6.07 Å². The average Bonchev–Trinajstić information content (AvgIpc) is 3.66. The van der Waals surface area contributed by atoms with Crippen molar-refractivity contribution in [2.75, 3.05) is 45.8 Å². The summed E-state index contributed by atoms with van der Waals surface area (Å²) in [5.41, 5.74) is 8.30. The van der Waals surface area contributed by atoms with Crippen LogP contribution >= 0.6 is 0 Å². The summed E-state index contributed by atoms with van der Waals surface area (Å²) in [4.78, 5) is 21.2. The molecular formula is C36H41F6N3O4. The second-order valence-electron chi connectivity index (χ2n) is 11.6. The van der Waals surface area contributed by atoms with Crippen LogP contribution in [0.25, 0.3) is 6.08 Å². The van der Waals surface area contributed by atoms with Crippen LogP contribution in [0.3, 0.4) is 0 Å². The standard InChI is InChI=1S/C19H25NO.C8H7F4N.C8H7F2NO2.CH2O/c1-2-15(13-19-17-4-5-18(19)7-6-17)12-16(3-1)14-20-8-10-21-11-9-20;1-13-5-2-3-7(9)6(4-5)8(10,11)12;1-13-7-3-6(10)5(9)2-4(7)8(11)12;1-2/h1-3,12-13,17-18H,4-11,14H2;2-4,13H,1H3;2-3H,1H3,(H2,11,12);1H2. The number of amides is 1. The normalized spacial score (nSPS) is 18.2. The van der Waals surface area contributed by atoms with Gasteiger partial charge in [-0.3, -0.25) is 9.69 Å². The third-order valence-electron chi connectivity index (χ3n) is 8.53. The van der Waals surface area contributed by atoms with Crippen LogP contribution < -0.4 is 15.8 Å². The van der Waals surface area contributed by atoms with E-state index in [0.717, 1.165) is 62.9 Å². The number of benzene rings is 3. The van der Waals surface area contributed by atoms with E-state index in [1.807, 2.05) is 6.79 Å². The van der Waals surface area contributed by atoms with Crippen LogP contribution in [0.5, 0.6) is 5.75 Å². The van der Waals surface area contributed by atoms with Gasteiger partial charge in [0, 0.05) is 38.4 Å². The summed E-state index contributed by atoms with van der Waals surface area (Å²) >= 11 is 0. The molecule has 0 unspecified atom stereocenters. The molecular weight excluding hydrogens is 652 g/mol. The van der Waals surface area contributed by atoms with Crippen LogP contribution in [0.1, 0.15) is 52.7 Å². The Balaban J connectivity index is 0.000000204. The number of nitrogens with one attached hydrogen (secondary N) is 1. The van der Waals surface area contributed by atoms with Crippen molar-refractivity contribution in [3.8, 4) is 5.75 Å². The van der Waals surface area contributed by atoms with Gasteiger partial charge in [-0.25, -0.2) is 13.2 Å². The molecule has 3 aromatic rings. The summed E-state index contributed by atoms with van der Waals surface area (Å²) in [6.45, 7) is 6.96. The maximum Gasteiger partial charge on any atom is 0.419 e. The topological polar surface area (TPSA) is 93.9 Å². The molecule has 266 valence electrons. The highest BCUT2D eigenvalue weighted by Gasteiger charge is 2.36. The molecule has 2 aliphatic carbocycles. The van der Waals surface area contributed by atoms with Gasteiger partial charge in [-0.1, -0.05) is 35.9 Å². The smallest absolute Gasteiger partial charge is 0.419 e. The molecule has 2 bridgehead atoms. The van der Waals surface area contributed by atoms with E-state index < -0.39 is 35.1 Å². The molecule has 49 heavy (non-hydrogen) atoms. The van der Waals surface area contributed by atoms with Crippen LogP contribution in [-0.2, 0) is 22.3 Å². The van der Waals surface area contributed by atoms with E-state index >= 15 is 0 Å². The number of fused-ring (bicyclic) bond motifs is 2. The number of morpholine rings is 1. The van der Waals surface area contributed by atoms with Crippen molar-refractivity contribution < 1.29 is 45.4 Å². The highest BCUT2D eigenvalue weighted by Crippen LogP contribution is 2.49. The maximum absolute atomic E-state index is 12.7. The zero-order chi connectivity index (χ0) is 36.1. The van der Waals surface area contributed by atoms with Gasteiger partial charge < -0.3 is 25.3 Å². The van der Waals surface area contributed by atoms with Crippen molar-refractivity contribution in [2.45, 2.75) is 38.4 Å². The quantitative estimate of drug-likeness (QED) is 0.260. The van der Waals surface area contributed by atoms with Crippen molar-refractivity contribution in [3.63, 3.8) is 0 Å². The molecule has 7 nitrogen and oxygen atoms in total. The number of methoxy groups -OCH3 is 1. The van der Waals surface area contributed by atoms with Crippen LogP contribution in [0.4, 0.5) is 32.0 Å². The number of hydrogen-bond donors (Lipinski definition) is 2. The van der Waals surface area contributed by atoms with Gasteiger partial charge in [0.25, 0.3) is 5.91 Å². The Hall–Kier alpha value is -4.36. The minimum absolute atomic E-state index is 0.0774. The first-order valence-electron chi connectivity index (χ1n) is 15.7. The van der Waals surface area contributed by atoms with Crippen LogP contribution in [0, 0.1) is 29.3 Å². The molecule has 6 rings (SSSR count). The van der Waals surface area contributed by atoms with E-state index in [-0.39, 0.29) is 17.0 Å². The summed E-state index contributed by atoms with van der Waals surface area (Å²) in [6, 6.07) is 13.4. The Morgan fingerprint density at radius 2 is 1.57 bits per heavy atom. The number of anilines is 1. The summed E-state index contributed by atoms with van der Waals surface area (Å²) in [7, 11) is 2.70. The van der Waals surface area contributed by atoms with E-state index in [1.54, 1.807) is 5.57 Å². The average molecular weight is 694 g/mol. The van der Waals surface area contributed by atoms with Crippen molar-refractivity contribution in [1.82, 2.24) is 4.90 Å². The molecule has 1 heterocycles. The minimum Gasteiger partial charge on any atom is -0.496 e. The molecule has 1 saturated heterocycles. The van der Waals surface area contributed by atoms with Gasteiger partial charge in [-0.15, -0.1) is 0 Å². The maximum atomic E-state index is 12.7. The van der Waals surface area contributed by atoms with Gasteiger partial charge in [0.1, 0.15) is 18.4 Å². The first kappa shape index (κ1) is 39.1. The number of primary amides is 1. The summed E-state index contributed by atoms with van der Waals surface area (Å²) in [5.74, 6) is -2.61. The molecule has 13 heteroatoms. The lowest BCUT2D eigenvalue weighted by molar-refractivity contribution is -0.139. The fourth-order valence-corrected chi connectivity index (χ4v) is 6.11. The van der Waals surface area contributed by atoms with Gasteiger partial charge in [0.15, 0.2) is 11.6 Å². The highest BCUT2D eigenvalue weighted by molar-refractivity contribution is 5.95. The molecule has 0 atom stereocenters. The highest BCUT2D eigenvalue weighted by atomic mass is 19.4. The molecule has 0 radical (unpaired) electrons. The minimum atomic E-state index is -4.64. The number of nitrogens with two attached hydrogens (primary N) is 1. The number of ether oxygens (including phenoxy) is 2. The number of carbonyl (C=O) groups is 2. The number of rotatable bonds is 6. The molecule has 1 amide bonds. The Kier molecular flexibility index (Phi) is 14.7. The molecule has 3 aliphatic rings. The predicted molar refractivity (Wildman–Crippen MR) is 175 cm³/mol. The van der Waals surface area contributed by atoms with Crippen molar-refractivity contribution >= 4 is 24.5 Å². The van der Waals surface area contributed by atoms with Gasteiger partial charge in [0.05, 0.1) is 31.5 Å². The molecule has 1 aliphatic heterocycles. The van der Waals surface area contributed by atoms with Gasteiger partial charge in [-0.05, 0) is 72.9 Å². The number of alkyl halides is 3. The second-order valence-corrected chi connectivity index (χ2v) is 11.6. The van der Waals surface area contributed by atoms with Gasteiger partial charge in [0.2, 0.25) is 0 Å². The van der Waals surface area contributed by atoms with Crippen molar-refractivity contribution in [3.05, 3.63) is 99.9 Å². The lowest BCUT2D eigenvalue weighted by Crippen LogP contribution is -2.35. The number of nitrogens with zero attached hydrogens (tertiary/aromatic N) is 1. The first-order chi connectivity index (χ1) is 23.4. The number of halogens is 6. The van der Waals surface area contributed by atoms with E-state index in [9.17, 15) is 31.1 Å². The Bertz CT molecular complexity index is 1550. The van der Waals surface area contributed by atoms with E-state index in [4.69, 9.17) is 15.3 Å². The molecule has 0 spiro atoms. The third-order valence-corrected chi connectivity index (χ3v) is 8.53. The monoisotopic (exact) mass is 693 g/mol. The third kappa shape index (κ3) is 11.1. The molecule has 2 saturated carbocycles. The largest absolute Gasteiger partial charge is 0.496 e. The zero-order valence-corrected chi connectivity index (χ0v) is 27.4. The lowest BCUT2D eigenvalue weighted by atomic mass is 10.0. The SMILES string of the molecule is C(=C1C2CCC1CC2)c1cccc(CN2CCOCC2)c1.C=O.CNc1ccc(F)c(C(F)(F)F)c1.COc1cc(F)c(F)cc1C(N)=O.